The predicted molar refractivity (Wildman–Crippen MR) is 85.9 cm³/mol. The fourth-order valence-corrected chi connectivity index (χ4v) is 4.79. The van der Waals surface area contributed by atoms with E-state index in [1.165, 1.54) is 29.1 Å². The minimum atomic E-state index is -3.36. The first kappa shape index (κ1) is 16.0. The summed E-state index contributed by atoms with van der Waals surface area (Å²) in [7, 11) is -3.36. The van der Waals surface area contributed by atoms with Crippen LogP contribution < -0.4 is 5.56 Å². The molecule has 23 heavy (non-hydrogen) atoms. The lowest BCUT2D eigenvalue weighted by Gasteiger charge is -2.21. The van der Waals surface area contributed by atoms with Gasteiger partial charge in [-0.05, 0) is 37.1 Å². The Kier molecular flexibility index (Phi) is 3.93. The first-order chi connectivity index (χ1) is 10.8. The van der Waals surface area contributed by atoms with Gasteiger partial charge in [0.2, 0.25) is 0 Å². The third-order valence-electron chi connectivity index (χ3n) is 3.99. The van der Waals surface area contributed by atoms with E-state index >= 15 is 0 Å². The lowest BCUT2D eigenvalue weighted by atomic mass is 10.0. The van der Waals surface area contributed by atoms with Gasteiger partial charge in [0.15, 0.2) is 15.6 Å². The van der Waals surface area contributed by atoms with Gasteiger partial charge in [0.1, 0.15) is 5.56 Å². The number of H-pyrrole nitrogens is 1. The number of hydrogen-bond donors (Lipinski definition) is 1. The molecule has 0 bridgehead atoms. The molecule has 2 aromatic rings. The molecular formula is C15H15ClN2O4S. The second-order valence-electron chi connectivity index (χ2n) is 5.39. The normalized spacial score (nSPS) is 19.3. The molecule has 1 unspecified atom stereocenters. The van der Waals surface area contributed by atoms with Crippen molar-refractivity contribution < 1.29 is 13.2 Å². The minimum absolute atomic E-state index is 0.000475. The molecule has 0 spiro atoms. The van der Waals surface area contributed by atoms with Crippen LogP contribution in [0.1, 0.15) is 40.2 Å². The summed E-state index contributed by atoms with van der Waals surface area (Å²) in [5.41, 5.74) is 0.308. The number of nitrogens with zero attached hydrogens (tertiary/aromatic N) is 1. The first-order valence-corrected chi connectivity index (χ1v) is 9.27. The summed E-state index contributed by atoms with van der Waals surface area (Å²) in [6.45, 7) is 2.21. The zero-order valence-electron chi connectivity index (χ0n) is 12.4. The lowest BCUT2D eigenvalue weighted by Crippen LogP contribution is -2.22. The monoisotopic (exact) mass is 354 g/mol. The average Bonchev–Trinajstić information content (AvgIpc) is 2.91. The van der Waals surface area contributed by atoms with Crippen molar-refractivity contribution in [2.45, 2.75) is 30.2 Å². The molecule has 8 heteroatoms. The number of nitrogens with one attached hydrogen (secondary N) is 1. The van der Waals surface area contributed by atoms with Gasteiger partial charge in [0.05, 0.1) is 16.0 Å². The van der Waals surface area contributed by atoms with Crippen LogP contribution in [0.3, 0.4) is 0 Å². The molecule has 0 fully saturated rings. The summed E-state index contributed by atoms with van der Waals surface area (Å²) in [4.78, 5) is 24.8. The fraction of sp³-hybridized carbons (Fsp3) is 0.333. The van der Waals surface area contributed by atoms with Crippen LogP contribution in [0.25, 0.3) is 0 Å². The van der Waals surface area contributed by atoms with Crippen LogP contribution in [-0.2, 0) is 16.4 Å². The van der Waals surface area contributed by atoms with Crippen LogP contribution in [-0.4, -0.2) is 29.7 Å². The van der Waals surface area contributed by atoms with Gasteiger partial charge in [-0.15, -0.1) is 11.6 Å². The number of rotatable bonds is 3. The molecule has 0 amide bonds. The molecular weight excluding hydrogens is 340 g/mol. The summed E-state index contributed by atoms with van der Waals surface area (Å²) in [5, 5.41) is 2.26. The Hall–Kier alpha value is -1.86. The number of carbonyl (C=O) groups excluding carboxylic acids is 1. The smallest absolute Gasteiger partial charge is 0.277 e. The Bertz CT molecular complexity index is 943. The highest BCUT2D eigenvalue weighted by atomic mass is 35.5. The number of halogens is 1. The molecule has 2 heterocycles. The molecule has 1 aromatic heterocycles. The van der Waals surface area contributed by atoms with Crippen LogP contribution in [0, 0.1) is 0 Å². The number of benzene rings is 1. The number of carbonyl (C=O) groups is 1. The van der Waals surface area contributed by atoms with Crippen molar-refractivity contribution in [3.8, 4) is 0 Å². The molecule has 0 aliphatic carbocycles. The highest BCUT2D eigenvalue weighted by molar-refractivity contribution is 7.91. The van der Waals surface area contributed by atoms with Gasteiger partial charge in [-0.1, -0.05) is 0 Å². The van der Waals surface area contributed by atoms with Crippen molar-refractivity contribution in [1.82, 2.24) is 9.78 Å². The molecule has 0 saturated heterocycles. The number of sulfone groups is 1. The summed E-state index contributed by atoms with van der Waals surface area (Å²) < 4.78 is 25.4. The number of aryl methyl sites for hydroxylation is 1. The average molecular weight is 355 g/mol. The second-order valence-corrected chi connectivity index (χ2v) is 8.00. The third kappa shape index (κ3) is 2.64. The second kappa shape index (κ2) is 5.65. The maximum Gasteiger partial charge on any atom is 0.277 e. The van der Waals surface area contributed by atoms with Crippen molar-refractivity contribution in [3.63, 3.8) is 0 Å². The van der Waals surface area contributed by atoms with E-state index in [2.05, 4.69) is 5.10 Å². The van der Waals surface area contributed by atoms with Crippen LogP contribution in [0.2, 0.25) is 0 Å². The predicted octanol–water partition coefficient (Wildman–Crippen LogP) is 1.88. The summed E-state index contributed by atoms with van der Waals surface area (Å²) in [6.07, 6.45) is 1.67. The van der Waals surface area contributed by atoms with E-state index in [0.29, 0.717) is 18.5 Å². The summed E-state index contributed by atoms with van der Waals surface area (Å²) >= 11 is 6.21. The quantitative estimate of drug-likeness (QED) is 0.673. The summed E-state index contributed by atoms with van der Waals surface area (Å²) in [5.74, 6) is -0.450. The molecule has 6 nitrogen and oxygen atoms in total. The maximum atomic E-state index is 12.5. The third-order valence-corrected chi connectivity index (χ3v) is 6.25. The number of aromatic amines is 1. The topological polar surface area (TPSA) is 89.0 Å². The molecule has 1 atom stereocenters. The molecule has 1 N–H and O–H groups in total. The Balaban J connectivity index is 2.08. The largest absolute Gasteiger partial charge is 0.302 e. The van der Waals surface area contributed by atoms with E-state index < -0.39 is 26.6 Å². The molecule has 122 valence electrons. The van der Waals surface area contributed by atoms with Gasteiger partial charge in [0, 0.05) is 18.3 Å². The van der Waals surface area contributed by atoms with Crippen molar-refractivity contribution in [1.29, 1.82) is 0 Å². The van der Waals surface area contributed by atoms with E-state index in [-0.39, 0.29) is 21.8 Å². The van der Waals surface area contributed by atoms with Crippen molar-refractivity contribution in [2.24, 2.45) is 0 Å². The fourth-order valence-electron chi connectivity index (χ4n) is 2.70. The van der Waals surface area contributed by atoms with Gasteiger partial charge >= 0.3 is 0 Å². The Labute approximate surface area is 138 Å². The van der Waals surface area contributed by atoms with Gasteiger partial charge in [-0.3, -0.25) is 14.3 Å². The Morgan fingerprint density at radius 1 is 1.43 bits per heavy atom. The van der Waals surface area contributed by atoms with Crippen molar-refractivity contribution >= 4 is 27.2 Å². The maximum absolute atomic E-state index is 12.5. The number of fused-ring (bicyclic) bond motifs is 1. The Morgan fingerprint density at radius 2 is 2.17 bits per heavy atom. The van der Waals surface area contributed by atoms with Gasteiger partial charge in [0.25, 0.3) is 5.56 Å². The highest BCUT2D eigenvalue weighted by Gasteiger charge is 2.30. The molecule has 0 radical (unpaired) electrons. The van der Waals surface area contributed by atoms with E-state index in [9.17, 15) is 18.0 Å². The standard InChI is InChI=1S/C15H15ClN2O4S/c1-2-18-15(20)11(8-17-18)14(19)9-3-4-13-10(7-9)12(16)5-6-23(13,21)22/h3-4,7-8,12,17H,2,5-6H2,1H3. The van der Waals surface area contributed by atoms with E-state index in [0.717, 1.165) is 0 Å². The SMILES string of the molecule is CCn1[nH]cc(C(=O)c2ccc3c(c2)C(Cl)CCS3(=O)=O)c1=O. The number of alkyl halides is 1. The zero-order chi connectivity index (χ0) is 16.8. The van der Waals surface area contributed by atoms with E-state index in [4.69, 9.17) is 11.6 Å². The molecule has 0 saturated carbocycles. The molecule has 1 aliphatic heterocycles. The van der Waals surface area contributed by atoms with E-state index in [1.54, 1.807) is 6.92 Å². The molecule has 1 aliphatic rings. The Morgan fingerprint density at radius 3 is 2.83 bits per heavy atom. The van der Waals surface area contributed by atoms with E-state index in [1.807, 2.05) is 0 Å². The zero-order valence-corrected chi connectivity index (χ0v) is 13.9. The van der Waals surface area contributed by atoms with Crippen LogP contribution in [0.15, 0.2) is 34.1 Å². The lowest BCUT2D eigenvalue weighted by molar-refractivity contribution is 0.103. The van der Waals surface area contributed by atoms with Crippen molar-refractivity contribution in [3.05, 3.63) is 51.4 Å². The molecule has 3 rings (SSSR count). The van der Waals surface area contributed by atoms with Crippen molar-refractivity contribution in [2.75, 3.05) is 5.75 Å². The number of ketones is 1. The van der Waals surface area contributed by atoms with Crippen LogP contribution in [0.4, 0.5) is 0 Å². The number of hydrogen-bond acceptors (Lipinski definition) is 4. The van der Waals surface area contributed by atoms with Crippen LogP contribution in [0.5, 0.6) is 0 Å². The van der Waals surface area contributed by atoms with Crippen LogP contribution >= 0.6 is 11.6 Å². The van der Waals surface area contributed by atoms with Gasteiger partial charge in [-0.25, -0.2) is 8.42 Å². The first-order valence-electron chi connectivity index (χ1n) is 7.19. The highest BCUT2D eigenvalue weighted by Crippen LogP contribution is 2.37. The molecule has 1 aromatic carbocycles. The van der Waals surface area contributed by atoms with Gasteiger partial charge in [-0.2, -0.15) is 0 Å². The minimum Gasteiger partial charge on any atom is -0.302 e. The number of aromatic nitrogens is 2. The summed E-state index contributed by atoms with van der Waals surface area (Å²) in [6, 6.07) is 4.31. The van der Waals surface area contributed by atoms with Gasteiger partial charge < -0.3 is 5.10 Å².